The maximum atomic E-state index is 12.7. The second-order valence-corrected chi connectivity index (χ2v) is 4.62. The van der Waals surface area contributed by atoms with Crippen LogP contribution in [-0.2, 0) is 12.7 Å². The molecule has 8 heteroatoms. The third-order valence-electron chi connectivity index (χ3n) is 2.51. The van der Waals surface area contributed by atoms with E-state index in [-0.39, 0.29) is 0 Å². The molecule has 0 fully saturated rings. The van der Waals surface area contributed by atoms with Gasteiger partial charge in [-0.15, -0.1) is 11.3 Å². The van der Waals surface area contributed by atoms with E-state index in [9.17, 15) is 18.0 Å². The number of carbonyl (C=O) groups is 1. The minimum absolute atomic E-state index is 0.295. The Morgan fingerprint density at radius 3 is 2.70 bits per heavy atom. The Morgan fingerprint density at radius 1 is 1.40 bits per heavy atom. The Morgan fingerprint density at radius 2 is 2.15 bits per heavy atom. The number of anilines is 1. The molecule has 0 aliphatic carbocycles. The minimum atomic E-state index is -4.69. The summed E-state index contributed by atoms with van der Waals surface area (Å²) < 4.78 is 38.0. The van der Waals surface area contributed by atoms with Gasteiger partial charge in [-0.05, 0) is 18.2 Å². The molecule has 0 atom stereocenters. The Balaban J connectivity index is 2.24. The fraction of sp³-hybridized carbons (Fsp3) is 0.167. The summed E-state index contributed by atoms with van der Waals surface area (Å²) >= 11 is 1.39. The standard InChI is InChI=1S/C12H9F3N2O2S/c13-12(14,15)10-2-1-7(3-9(10)11(18)19)16-4-8-5-20-6-17-8/h1-3,5-6,16H,4H2,(H,18,19). The average molecular weight is 302 g/mol. The second-order valence-electron chi connectivity index (χ2n) is 3.90. The highest BCUT2D eigenvalue weighted by Gasteiger charge is 2.35. The predicted molar refractivity (Wildman–Crippen MR) is 67.8 cm³/mol. The number of alkyl halides is 3. The van der Waals surface area contributed by atoms with E-state index in [1.807, 2.05) is 0 Å². The average Bonchev–Trinajstić information content (AvgIpc) is 2.88. The molecule has 20 heavy (non-hydrogen) atoms. The monoisotopic (exact) mass is 302 g/mol. The van der Waals surface area contributed by atoms with E-state index in [0.29, 0.717) is 12.2 Å². The molecular formula is C12H9F3N2O2S. The number of aromatic nitrogens is 1. The minimum Gasteiger partial charge on any atom is -0.478 e. The second kappa shape index (κ2) is 5.49. The Hall–Kier alpha value is -2.09. The molecule has 0 spiro atoms. The summed E-state index contributed by atoms with van der Waals surface area (Å²) in [5.41, 5.74) is 0.715. The number of benzene rings is 1. The lowest BCUT2D eigenvalue weighted by Gasteiger charge is -2.12. The smallest absolute Gasteiger partial charge is 0.417 e. The number of nitrogens with one attached hydrogen (secondary N) is 1. The van der Waals surface area contributed by atoms with Gasteiger partial charge in [-0.25, -0.2) is 9.78 Å². The van der Waals surface area contributed by atoms with Gasteiger partial charge in [0.1, 0.15) is 0 Å². The SMILES string of the molecule is O=C(O)c1cc(NCc2cscn2)ccc1C(F)(F)F. The van der Waals surface area contributed by atoms with Crippen LogP contribution < -0.4 is 5.32 Å². The van der Waals surface area contributed by atoms with Gasteiger partial charge in [0, 0.05) is 11.1 Å². The maximum absolute atomic E-state index is 12.7. The molecule has 0 saturated heterocycles. The van der Waals surface area contributed by atoms with E-state index < -0.39 is 23.3 Å². The van der Waals surface area contributed by atoms with Crippen LogP contribution in [0.25, 0.3) is 0 Å². The highest BCUT2D eigenvalue weighted by Crippen LogP contribution is 2.33. The molecule has 1 heterocycles. The summed E-state index contributed by atoms with van der Waals surface area (Å²) in [5, 5.41) is 13.5. The van der Waals surface area contributed by atoms with Gasteiger partial charge >= 0.3 is 12.1 Å². The van der Waals surface area contributed by atoms with Crippen molar-refractivity contribution in [3.8, 4) is 0 Å². The zero-order chi connectivity index (χ0) is 14.8. The largest absolute Gasteiger partial charge is 0.478 e. The third kappa shape index (κ3) is 3.27. The van der Waals surface area contributed by atoms with Crippen LogP contribution in [0.3, 0.4) is 0 Å². The molecule has 1 aromatic heterocycles. The van der Waals surface area contributed by atoms with Crippen LogP contribution in [0.1, 0.15) is 21.6 Å². The first-order valence-corrected chi connectivity index (χ1v) is 6.37. The van der Waals surface area contributed by atoms with Crippen LogP contribution in [0.2, 0.25) is 0 Å². The van der Waals surface area contributed by atoms with Crippen molar-refractivity contribution in [3.05, 3.63) is 45.9 Å². The first kappa shape index (κ1) is 14.3. The van der Waals surface area contributed by atoms with Crippen LogP contribution in [0.15, 0.2) is 29.1 Å². The zero-order valence-corrected chi connectivity index (χ0v) is 10.8. The van der Waals surface area contributed by atoms with Crippen molar-refractivity contribution < 1.29 is 23.1 Å². The Labute approximate surface area is 115 Å². The van der Waals surface area contributed by atoms with Gasteiger partial charge in [-0.2, -0.15) is 13.2 Å². The summed E-state index contributed by atoms with van der Waals surface area (Å²) in [7, 11) is 0. The number of thiazole rings is 1. The van der Waals surface area contributed by atoms with Gasteiger partial charge in [0.25, 0.3) is 0 Å². The van der Waals surface area contributed by atoms with E-state index >= 15 is 0 Å². The fourth-order valence-corrected chi connectivity index (χ4v) is 2.15. The van der Waals surface area contributed by atoms with Crippen molar-refractivity contribution in [1.82, 2.24) is 4.98 Å². The summed E-state index contributed by atoms with van der Waals surface area (Å²) in [5.74, 6) is -1.62. The van der Waals surface area contributed by atoms with Gasteiger partial charge in [0.05, 0.1) is 28.9 Å². The van der Waals surface area contributed by atoms with Gasteiger partial charge in [0.2, 0.25) is 0 Å². The highest BCUT2D eigenvalue weighted by atomic mass is 32.1. The number of hydrogen-bond acceptors (Lipinski definition) is 4. The van der Waals surface area contributed by atoms with Crippen molar-refractivity contribution in [2.45, 2.75) is 12.7 Å². The number of aromatic carboxylic acids is 1. The molecule has 0 aliphatic rings. The topological polar surface area (TPSA) is 62.2 Å². The molecule has 0 amide bonds. The molecule has 0 bridgehead atoms. The number of hydrogen-bond donors (Lipinski definition) is 2. The number of carboxylic acid groups (broad SMARTS) is 1. The van der Waals surface area contributed by atoms with Crippen molar-refractivity contribution in [3.63, 3.8) is 0 Å². The molecule has 106 valence electrons. The summed E-state index contributed by atoms with van der Waals surface area (Å²) in [4.78, 5) is 14.9. The lowest BCUT2D eigenvalue weighted by molar-refractivity contribution is -0.138. The predicted octanol–water partition coefficient (Wildman–Crippen LogP) is 3.47. The van der Waals surface area contributed by atoms with Gasteiger partial charge < -0.3 is 10.4 Å². The molecule has 0 saturated carbocycles. The third-order valence-corrected chi connectivity index (χ3v) is 3.15. The van der Waals surface area contributed by atoms with Gasteiger partial charge in [-0.1, -0.05) is 0 Å². The molecule has 2 N–H and O–H groups in total. The van der Waals surface area contributed by atoms with Crippen molar-refractivity contribution >= 4 is 23.0 Å². The van der Waals surface area contributed by atoms with Crippen molar-refractivity contribution in [2.75, 3.05) is 5.32 Å². The van der Waals surface area contributed by atoms with Crippen molar-refractivity contribution in [1.29, 1.82) is 0 Å². The van der Waals surface area contributed by atoms with E-state index in [2.05, 4.69) is 10.3 Å². The van der Waals surface area contributed by atoms with Crippen LogP contribution in [0.4, 0.5) is 18.9 Å². The molecule has 1 aromatic carbocycles. The quantitative estimate of drug-likeness (QED) is 0.907. The maximum Gasteiger partial charge on any atom is 0.417 e. The normalized spacial score (nSPS) is 11.3. The lowest BCUT2D eigenvalue weighted by atomic mass is 10.1. The molecule has 4 nitrogen and oxygen atoms in total. The Bertz CT molecular complexity index is 612. The molecule has 0 aliphatic heterocycles. The summed E-state index contributed by atoms with van der Waals surface area (Å²) in [6.07, 6.45) is -4.69. The van der Waals surface area contributed by atoms with E-state index in [1.54, 1.807) is 10.9 Å². The fourth-order valence-electron chi connectivity index (χ4n) is 1.60. The van der Waals surface area contributed by atoms with E-state index in [0.717, 1.165) is 17.8 Å². The van der Waals surface area contributed by atoms with Crippen LogP contribution in [-0.4, -0.2) is 16.1 Å². The van der Waals surface area contributed by atoms with E-state index in [1.165, 1.54) is 17.4 Å². The molecule has 0 unspecified atom stereocenters. The van der Waals surface area contributed by atoms with Crippen LogP contribution in [0.5, 0.6) is 0 Å². The number of halogens is 3. The molecule has 0 radical (unpaired) electrons. The van der Waals surface area contributed by atoms with Crippen LogP contribution >= 0.6 is 11.3 Å². The molecular weight excluding hydrogens is 293 g/mol. The van der Waals surface area contributed by atoms with Crippen molar-refractivity contribution in [2.24, 2.45) is 0 Å². The van der Waals surface area contributed by atoms with Crippen LogP contribution in [0, 0.1) is 0 Å². The lowest BCUT2D eigenvalue weighted by Crippen LogP contribution is -2.13. The zero-order valence-electron chi connectivity index (χ0n) is 9.94. The molecule has 2 rings (SSSR count). The highest BCUT2D eigenvalue weighted by molar-refractivity contribution is 7.07. The first-order chi connectivity index (χ1) is 9.38. The van der Waals surface area contributed by atoms with E-state index in [4.69, 9.17) is 5.11 Å². The number of carboxylic acids is 1. The van der Waals surface area contributed by atoms with Gasteiger partial charge in [0.15, 0.2) is 0 Å². The van der Waals surface area contributed by atoms with Gasteiger partial charge in [-0.3, -0.25) is 0 Å². The molecule has 2 aromatic rings. The first-order valence-electron chi connectivity index (χ1n) is 5.43. The number of nitrogens with zero attached hydrogens (tertiary/aromatic N) is 1. The number of rotatable bonds is 4. The Kier molecular flexibility index (Phi) is 3.93. The summed E-state index contributed by atoms with van der Waals surface area (Å²) in [6.45, 7) is 0.313. The summed E-state index contributed by atoms with van der Waals surface area (Å²) in [6, 6.07) is 2.92.